The SMILES string of the molecule is Fc1ccc(Cl)c(CNCc2cc(F)ccc2Br)c1. The van der Waals surface area contributed by atoms with Gasteiger partial charge in [-0.05, 0) is 47.5 Å². The van der Waals surface area contributed by atoms with E-state index in [-0.39, 0.29) is 11.6 Å². The number of nitrogens with one attached hydrogen (secondary N) is 1. The van der Waals surface area contributed by atoms with E-state index in [0.717, 1.165) is 10.0 Å². The number of hydrogen-bond acceptors (Lipinski definition) is 1. The summed E-state index contributed by atoms with van der Waals surface area (Å²) in [6.07, 6.45) is 0. The molecule has 2 aromatic rings. The summed E-state index contributed by atoms with van der Waals surface area (Å²) in [5.74, 6) is -0.614. The highest BCUT2D eigenvalue weighted by Crippen LogP contribution is 2.19. The molecule has 0 radical (unpaired) electrons. The van der Waals surface area contributed by atoms with E-state index in [4.69, 9.17) is 11.6 Å². The quantitative estimate of drug-likeness (QED) is 0.848. The van der Waals surface area contributed by atoms with Crippen LogP contribution in [0.4, 0.5) is 8.78 Å². The molecule has 2 rings (SSSR count). The van der Waals surface area contributed by atoms with Crippen LogP contribution in [0.15, 0.2) is 40.9 Å². The zero-order chi connectivity index (χ0) is 13.8. The van der Waals surface area contributed by atoms with Crippen LogP contribution in [0.25, 0.3) is 0 Å². The van der Waals surface area contributed by atoms with Crippen molar-refractivity contribution >= 4 is 27.5 Å². The Morgan fingerprint density at radius 3 is 2.26 bits per heavy atom. The van der Waals surface area contributed by atoms with E-state index in [0.29, 0.717) is 23.7 Å². The molecule has 2 aromatic carbocycles. The molecule has 0 aliphatic heterocycles. The van der Waals surface area contributed by atoms with Crippen LogP contribution in [0.1, 0.15) is 11.1 Å². The molecule has 0 saturated heterocycles. The first-order valence-electron chi connectivity index (χ1n) is 5.65. The van der Waals surface area contributed by atoms with Crippen molar-refractivity contribution in [2.45, 2.75) is 13.1 Å². The molecule has 5 heteroatoms. The van der Waals surface area contributed by atoms with Gasteiger partial charge in [-0.25, -0.2) is 8.78 Å². The molecule has 0 bridgehead atoms. The van der Waals surface area contributed by atoms with Crippen LogP contribution in [-0.2, 0) is 13.1 Å². The maximum atomic E-state index is 13.1. The Kier molecular flexibility index (Phi) is 4.91. The number of rotatable bonds is 4. The fourth-order valence-electron chi connectivity index (χ4n) is 1.69. The Labute approximate surface area is 123 Å². The van der Waals surface area contributed by atoms with Crippen molar-refractivity contribution in [1.82, 2.24) is 5.32 Å². The van der Waals surface area contributed by atoms with Gasteiger partial charge in [0.25, 0.3) is 0 Å². The fourth-order valence-corrected chi connectivity index (χ4v) is 2.26. The second-order valence-electron chi connectivity index (χ2n) is 4.08. The predicted octanol–water partition coefficient (Wildman–Crippen LogP) is 4.67. The minimum absolute atomic E-state index is 0.288. The largest absolute Gasteiger partial charge is 0.309 e. The highest BCUT2D eigenvalue weighted by atomic mass is 79.9. The van der Waals surface area contributed by atoms with Crippen LogP contribution in [0, 0.1) is 11.6 Å². The lowest BCUT2D eigenvalue weighted by molar-refractivity contribution is 0.614. The maximum absolute atomic E-state index is 13.1. The van der Waals surface area contributed by atoms with Crippen LogP contribution in [-0.4, -0.2) is 0 Å². The minimum Gasteiger partial charge on any atom is -0.309 e. The number of hydrogen-bond donors (Lipinski definition) is 1. The Morgan fingerprint density at radius 2 is 1.53 bits per heavy atom. The van der Waals surface area contributed by atoms with E-state index in [1.54, 1.807) is 6.07 Å². The average molecular weight is 347 g/mol. The molecule has 0 heterocycles. The van der Waals surface area contributed by atoms with E-state index in [2.05, 4.69) is 21.2 Å². The molecule has 0 aliphatic rings. The van der Waals surface area contributed by atoms with Crippen LogP contribution >= 0.6 is 27.5 Å². The van der Waals surface area contributed by atoms with Crippen LogP contribution in [0.2, 0.25) is 5.02 Å². The smallest absolute Gasteiger partial charge is 0.123 e. The molecule has 1 nitrogen and oxygen atoms in total. The zero-order valence-electron chi connectivity index (χ0n) is 9.89. The van der Waals surface area contributed by atoms with Gasteiger partial charge >= 0.3 is 0 Å². The Hall–Kier alpha value is -0.970. The minimum atomic E-state index is -0.326. The summed E-state index contributed by atoms with van der Waals surface area (Å²) in [5.41, 5.74) is 1.47. The molecule has 0 aromatic heterocycles. The molecule has 0 spiro atoms. The second kappa shape index (κ2) is 6.46. The average Bonchev–Trinajstić information content (AvgIpc) is 2.38. The van der Waals surface area contributed by atoms with Gasteiger partial charge < -0.3 is 5.32 Å². The van der Waals surface area contributed by atoms with Crippen molar-refractivity contribution in [3.63, 3.8) is 0 Å². The van der Waals surface area contributed by atoms with E-state index < -0.39 is 0 Å². The Morgan fingerprint density at radius 1 is 0.947 bits per heavy atom. The molecular weight excluding hydrogens is 336 g/mol. The predicted molar refractivity (Wildman–Crippen MR) is 76.1 cm³/mol. The van der Waals surface area contributed by atoms with Crippen molar-refractivity contribution in [3.05, 3.63) is 68.7 Å². The fraction of sp³-hybridized carbons (Fsp3) is 0.143. The van der Waals surface area contributed by atoms with E-state index in [1.165, 1.54) is 30.3 Å². The van der Waals surface area contributed by atoms with Gasteiger partial charge in [-0.15, -0.1) is 0 Å². The van der Waals surface area contributed by atoms with Crippen molar-refractivity contribution in [2.24, 2.45) is 0 Å². The summed E-state index contributed by atoms with van der Waals surface area (Å²) in [6, 6.07) is 8.71. The first-order valence-corrected chi connectivity index (χ1v) is 6.82. The molecule has 1 N–H and O–H groups in total. The zero-order valence-corrected chi connectivity index (χ0v) is 12.2. The van der Waals surface area contributed by atoms with Gasteiger partial charge in [0.05, 0.1) is 0 Å². The lowest BCUT2D eigenvalue weighted by atomic mass is 10.2. The number of halogens is 4. The molecular formula is C14H11BrClF2N. The lowest BCUT2D eigenvalue weighted by Crippen LogP contribution is -2.13. The summed E-state index contributed by atoms with van der Waals surface area (Å²) in [6.45, 7) is 0.880. The van der Waals surface area contributed by atoms with Gasteiger partial charge in [-0.1, -0.05) is 27.5 Å². The molecule has 100 valence electrons. The first kappa shape index (κ1) is 14.4. The van der Waals surface area contributed by atoms with Gasteiger partial charge in [-0.2, -0.15) is 0 Å². The third-order valence-electron chi connectivity index (χ3n) is 2.65. The van der Waals surface area contributed by atoms with Gasteiger partial charge in [0.1, 0.15) is 11.6 Å². The van der Waals surface area contributed by atoms with Crippen molar-refractivity contribution in [1.29, 1.82) is 0 Å². The molecule has 19 heavy (non-hydrogen) atoms. The van der Waals surface area contributed by atoms with E-state index in [1.807, 2.05) is 0 Å². The maximum Gasteiger partial charge on any atom is 0.123 e. The van der Waals surface area contributed by atoms with Crippen molar-refractivity contribution in [2.75, 3.05) is 0 Å². The van der Waals surface area contributed by atoms with Crippen molar-refractivity contribution in [3.8, 4) is 0 Å². The molecule has 0 fully saturated rings. The third kappa shape index (κ3) is 4.00. The van der Waals surface area contributed by atoms with Crippen LogP contribution < -0.4 is 5.32 Å². The third-order valence-corrected chi connectivity index (χ3v) is 3.79. The molecule has 0 aliphatic carbocycles. The second-order valence-corrected chi connectivity index (χ2v) is 5.34. The van der Waals surface area contributed by atoms with Crippen LogP contribution in [0.5, 0.6) is 0 Å². The summed E-state index contributed by atoms with van der Waals surface area (Å²) in [4.78, 5) is 0. The normalized spacial score (nSPS) is 10.7. The van der Waals surface area contributed by atoms with Gasteiger partial charge in [0, 0.05) is 22.6 Å². The first-order chi connectivity index (χ1) is 9.06. The molecule has 0 atom stereocenters. The summed E-state index contributed by atoms with van der Waals surface area (Å²) >= 11 is 9.31. The highest BCUT2D eigenvalue weighted by Gasteiger charge is 2.04. The topological polar surface area (TPSA) is 12.0 Å². The Bertz CT molecular complexity index is 538. The van der Waals surface area contributed by atoms with Gasteiger partial charge in [-0.3, -0.25) is 0 Å². The molecule has 0 unspecified atom stereocenters. The number of benzene rings is 2. The standard InChI is InChI=1S/C14H11BrClF2N/c15-13-3-1-11(17)5-9(13)7-19-8-10-6-12(18)2-4-14(10)16/h1-6,19H,7-8H2. The lowest BCUT2D eigenvalue weighted by Gasteiger charge is -2.08. The molecule has 0 saturated carbocycles. The van der Waals surface area contributed by atoms with Crippen LogP contribution in [0.3, 0.4) is 0 Å². The summed E-state index contributed by atoms with van der Waals surface area (Å²) in [5, 5.41) is 3.61. The van der Waals surface area contributed by atoms with E-state index >= 15 is 0 Å². The monoisotopic (exact) mass is 345 g/mol. The summed E-state index contributed by atoms with van der Waals surface area (Å²) in [7, 11) is 0. The van der Waals surface area contributed by atoms with Gasteiger partial charge in [0.2, 0.25) is 0 Å². The van der Waals surface area contributed by atoms with Gasteiger partial charge in [0.15, 0.2) is 0 Å². The highest BCUT2D eigenvalue weighted by molar-refractivity contribution is 9.10. The van der Waals surface area contributed by atoms with E-state index in [9.17, 15) is 8.78 Å². The molecule has 0 amide bonds. The van der Waals surface area contributed by atoms with Crippen molar-refractivity contribution < 1.29 is 8.78 Å². The summed E-state index contributed by atoms with van der Waals surface area (Å²) < 4.78 is 27.0. The Balaban J connectivity index is 2.00.